The number of pyridine rings is 1. The molecule has 14 heavy (non-hydrogen) atoms. The number of nitrogens with one attached hydrogen (secondary N) is 1. The van der Waals surface area contributed by atoms with Crippen molar-refractivity contribution >= 4 is 21.8 Å². The number of aromatic nitrogens is 1. The van der Waals surface area contributed by atoms with Crippen LogP contribution in [0.1, 0.15) is 10.4 Å². The summed E-state index contributed by atoms with van der Waals surface area (Å²) in [6.07, 6.45) is 2.34. The molecule has 5 heteroatoms. The van der Waals surface area contributed by atoms with Crippen molar-refractivity contribution < 1.29 is 9.18 Å². The highest BCUT2D eigenvalue weighted by Gasteiger charge is 2.05. The molecule has 0 radical (unpaired) electrons. The summed E-state index contributed by atoms with van der Waals surface area (Å²) in [7, 11) is 0. The Bertz CT molecular complexity index is 368. The zero-order chi connectivity index (χ0) is 10.6. The van der Waals surface area contributed by atoms with Gasteiger partial charge in [0.15, 0.2) is 0 Å². The molecule has 0 spiro atoms. The number of hydrogen-bond acceptors (Lipinski definition) is 2. The maximum atomic E-state index is 12.7. The Balaban J connectivity index is 2.65. The van der Waals surface area contributed by atoms with Crippen LogP contribution in [-0.4, -0.2) is 17.4 Å². The third kappa shape index (κ3) is 3.26. The molecule has 0 aromatic carbocycles. The minimum atomic E-state index is -0.532. The van der Waals surface area contributed by atoms with Crippen LogP contribution in [0.3, 0.4) is 0 Å². The molecule has 0 fully saturated rings. The van der Waals surface area contributed by atoms with E-state index in [4.69, 9.17) is 0 Å². The van der Waals surface area contributed by atoms with Gasteiger partial charge in [0, 0.05) is 17.2 Å². The van der Waals surface area contributed by atoms with Gasteiger partial charge in [0.05, 0.1) is 11.8 Å². The summed E-state index contributed by atoms with van der Waals surface area (Å²) < 4.78 is 13.3. The van der Waals surface area contributed by atoms with E-state index in [2.05, 4.69) is 32.8 Å². The van der Waals surface area contributed by atoms with E-state index in [1.54, 1.807) is 0 Å². The van der Waals surface area contributed by atoms with Gasteiger partial charge in [-0.2, -0.15) is 0 Å². The van der Waals surface area contributed by atoms with Crippen molar-refractivity contribution in [2.45, 2.75) is 0 Å². The third-order valence-electron chi connectivity index (χ3n) is 1.41. The first kappa shape index (κ1) is 10.8. The lowest BCUT2D eigenvalue weighted by Gasteiger charge is -2.02. The van der Waals surface area contributed by atoms with Crippen molar-refractivity contribution in [2.75, 3.05) is 6.54 Å². The number of carbonyl (C=O) groups excluding carboxylic acids is 1. The summed E-state index contributed by atoms with van der Waals surface area (Å²) in [5, 5.41) is 2.53. The SMILES string of the molecule is C=C(Br)CNC(=O)c1cncc(F)c1. The molecule has 0 bridgehead atoms. The van der Waals surface area contributed by atoms with Crippen LogP contribution in [0.25, 0.3) is 0 Å². The van der Waals surface area contributed by atoms with Gasteiger partial charge in [-0.05, 0) is 6.07 Å². The fourth-order valence-corrected chi connectivity index (χ4v) is 0.954. The molecule has 0 aliphatic rings. The highest BCUT2D eigenvalue weighted by Crippen LogP contribution is 2.02. The van der Waals surface area contributed by atoms with Crippen LogP contribution in [0.4, 0.5) is 4.39 Å². The molecular weight excluding hydrogens is 251 g/mol. The topological polar surface area (TPSA) is 42.0 Å². The highest BCUT2D eigenvalue weighted by atomic mass is 79.9. The smallest absolute Gasteiger partial charge is 0.253 e. The van der Waals surface area contributed by atoms with Crippen LogP contribution < -0.4 is 5.32 Å². The Morgan fingerprint density at radius 3 is 2.93 bits per heavy atom. The van der Waals surface area contributed by atoms with Crippen LogP contribution in [0.15, 0.2) is 29.5 Å². The second-order valence-electron chi connectivity index (χ2n) is 2.59. The van der Waals surface area contributed by atoms with Gasteiger partial charge in [-0.1, -0.05) is 22.5 Å². The van der Waals surface area contributed by atoms with E-state index in [-0.39, 0.29) is 11.5 Å². The molecule has 1 aromatic rings. The van der Waals surface area contributed by atoms with Crippen molar-refractivity contribution in [1.29, 1.82) is 0 Å². The Morgan fingerprint density at radius 2 is 2.36 bits per heavy atom. The van der Waals surface area contributed by atoms with Crippen LogP contribution in [-0.2, 0) is 0 Å². The van der Waals surface area contributed by atoms with E-state index in [1.807, 2.05) is 0 Å². The van der Waals surface area contributed by atoms with Gasteiger partial charge in [-0.3, -0.25) is 9.78 Å². The maximum absolute atomic E-state index is 12.7. The van der Waals surface area contributed by atoms with E-state index < -0.39 is 5.82 Å². The molecule has 0 saturated carbocycles. The van der Waals surface area contributed by atoms with Crippen molar-refractivity contribution in [3.05, 3.63) is 40.9 Å². The molecule has 3 nitrogen and oxygen atoms in total. The number of rotatable bonds is 3. The first-order valence-corrected chi connectivity index (χ1v) is 4.61. The van der Waals surface area contributed by atoms with Gasteiger partial charge in [0.25, 0.3) is 5.91 Å². The number of halogens is 2. The fourth-order valence-electron chi connectivity index (χ4n) is 0.814. The molecule has 0 atom stereocenters. The molecule has 0 aliphatic carbocycles. The number of amides is 1. The van der Waals surface area contributed by atoms with Crippen LogP contribution in [0.5, 0.6) is 0 Å². The number of hydrogen-bond donors (Lipinski definition) is 1. The maximum Gasteiger partial charge on any atom is 0.253 e. The van der Waals surface area contributed by atoms with E-state index in [0.29, 0.717) is 11.0 Å². The summed E-state index contributed by atoms with van der Waals surface area (Å²) in [4.78, 5) is 14.9. The quantitative estimate of drug-likeness (QED) is 0.900. The summed E-state index contributed by atoms with van der Waals surface area (Å²) >= 11 is 3.09. The van der Waals surface area contributed by atoms with Gasteiger partial charge in [0.1, 0.15) is 5.82 Å². The zero-order valence-electron chi connectivity index (χ0n) is 7.26. The second kappa shape index (κ2) is 4.85. The third-order valence-corrected chi connectivity index (χ3v) is 1.69. The van der Waals surface area contributed by atoms with Gasteiger partial charge in [0.2, 0.25) is 0 Å². The molecule has 1 rings (SSSR count). The minimum Gasteiger partial charge on any atom is -0.347 e. The average Bonchev–Trinajstić information content (AvgIpc) is 2.14. The van der Waals surface area contributed by atoms with Crippen molar-refractivity contribution in [1.82, 2.24) is 10.3 Å². The number of carbonyl (C=O) groups is 1. The number of nitrogens with zero attached hydrogens (tertiary/aromatic N) is 1. The zero-order valence-corrected chi connectivity index (χ0v) is 8.84. The molecule has 1 heterocycles. The second-order valence-corrected chi connectivity index (χ2v) is 3.71. The van der Waals surface area contributed by atoms with Gasteiger partial charge < -0.3 is 5.32 Å². The van der Waals surface area contributed by atoms with E-state index in [1.165, 1.54) is 6.20 Å². The van der Waals surface area contributed by atoms with E-state index in [9.17, 15) is 9.18 Å². The van der Waals surface area contributed by atoms with Gasteiger partial charge in [-0.15, -0.1) is 0 Å². The van der Waals surface area contributed by atoms with Crippen LogP contribution in [0.2, 0.25) is 0 Å². The monoisotopic (exact) mass is 258 g/mol. The summed E-state index contributed by atoms with van der Waals surface area (Å²) in [6, 6.07) is 1.12. The highest BCUT2D eigenvalue weighted by molar-refractivity contribution is 9.11. The molecule has 1 aromatic heterocycles. The molecule has 74 valence electrons. The summed E-state index contributed by atoms with van der Waals surface area (Å²) in [5.41, 5.74) is 0.193. The predicted molar refractivity (Wildman–Crippen MR) is 54.6 cm³/mol. The average molecular weight is 259 g/mol. The van der Waals surface area contributed by atoms with E-state index >= 15 is 0 Å². The minimum absolute atomic E-state index is 0.193. The lowest BCUT2D eigenvalue weighted by molar-refractivity contribution is 0.0957. The molecule has 0 aliphatic heterocycles. The lowest BCUT2D eigenvalue weighted by Crippen LogP contribution is -2.24. The Morgan fingerprint density at radius 1 is 1.64 bits per heavy atom. The van der Waals surface area contributed by atoms with Crippen molar-refractivity contribution in [2.24, 2.45) is 0 Å². The summed E-state index contributed by atoms with van der Waals surface area (Å²) in [6.45, 7) is 3.85. The molecule has 1 N–H and O–H groups in total. The largest absolute Gasteiger partial charge is 0.347 e. The Labute approximate surface area is 89.2 Å². The Kier molecular flexibility index (Phi) is 3.76. The fraction of sp³-hybridized carbons (Fsp3) is 0.111. The normalized spacial score (nSPS) is 9.57. The Hall–Kier alpha value is -1.23. The summed E-state index contributed by atoms with van der Waals surface area (Å²) in [5.74, 6) is -0.909. The standard InChI is InChI=1S/C9H8BrFN2O/c1-6(10)3-13-9(14)7-2-8(11)5-12-4-7/h2,4-5H,1,3H2,(H,13,14). The van der Waals surface area contributed by atoms with Crippen molar-refractivity contribution in [3.63, 3.8) is 0 Å². The first-order chi connectivity index (χ1) is 6.59. The lowest BCUT2D eigenvalue weighted by atomic mass is 10.2. The molecular formula is C9H8BrFN2O. The molecule has 0 unspecified atom stereocenters. The predicted octanol–water partition coefficient (Wildman–Crippen LogP) is 1.86. The molecule has 0 saturated heterocycles. The van der Waals surface area contributed by atoms with Crippen LogP contribution >= 0.6 is 15.9 Å². The first-order valence-electron chi connectivity index (χ1n) is 3.81. The molecule has 1 amide bonds. The van der Waals surface area contributed by atoms with Crippen LogP contribution in [0, 0.1) is 5.82 Å². The van der Waals surface area contributed by atoms with Crippen molar-refractivity contribution in [3.8, 4) is 0 Å². The van der Waals surface area contributed by atoms with Gasteiger partial charge >= 0.3 is 0 Å². The van der Waals surface area contributed by atoms with E-state index in [0.717, 1.165) is 12.3 Å². The van der Waals surface area contributed by atoms with Gasteiger partial charge in [-0.25, -0.2) is 4.39 Å².